The van der Waals surface area contributed by atoms with Crippen LogP contribution in [0.3, 0.4) is 0 Å². The highest BCUT2D eigenvalue weighted by atomic mass is 15.1. The number of benzene rings is 3. The van der Waals surface area contributed by atoms with E-state index in [-0.39, 0.29) is 0 Å². The van der Waals surface area contributed by atoms with Gasteiger partial charge in [-0.2, -0.15) is 0 Å². The summed E-state index contributed by atoms with van der Waals surface area (Å²) >= 11 is 0. The topological polar surface area (TPSA) is 6.48 Å². The molecule has 152 valence electrons. The van der Waals surface area contributed by atoms with Crippen molar-refractivity contribution in [3.05, 3.63) is 82.4 Å². The van der Waals surface area contributed by atoms with Gasteiger partial charge < -0.3 is 0 Å². The summed E-state index contributed by atoms with van der Waals surface area (Å²) in [6.07, 6.45) is 2.41. The SMILES string of the molecule is Cc1cc2c(cc1C)CN(CCCN(C)C(C)c1ccc3ccccc3c1)CC2. The number of aryl methyl sites for hydroxylation is 2. The minimum Gasteiger partial charge on any atom is -0.300 e. The van der Waals surface area contributed by atoms with E-state index in [0.29, 0.717) is 6.04 Å². The molecule has 0 fully saturated rings. The standard InChI is InChI=1S/C27H34N2/c1-20-16-26-12-15-29(19-27(26)17-21(20)2)14-7-13-28(4)22(3)24-11-10-23-8-5-6-9-25(23)18-24/h5-6,8-11,16-18,22H,7,12-15,19H2,1-4H3. The van der Waals surface area contributed by atoms with E-state index in [9.17, 15) is 0 Å². The highest BCUT2D eigenvalue weighted by Crippen LogP contribution is 2.25. The lowest BCUT2D eigenvalue weighted by molar-refractivity contribution is 0.210. The van der Waals surface area contributed by atoms with Gasteiger partial charge in [0.15, 0.2) is 0 Å². The molecule has 0 saturated heterocycles. The second-order valence-corrected chi connectivity index (χ2v) is 8.85. The average molecular weight is 387 g/mol. The number of hydrogen-bond donors (Lipinski definition) is 0. The van der Waals surface area contributed by atoms with Gasteiger partial charge in [-0.3, -0.25) is 9.80 Å². The van der Waals surface area contributed by atoms with E-state index in [0.717, 1.165) is 13.1 Å². The Morgan fingerprint density at radius 1 is 0.931 bits per heavy atom. The Bertz CT molecular complexity index is 991. The first-order valence-electron chi connectivity index (χ1n) is 11.0. The maximum atomic E-state index is 2.63. The zero-order valence-electron chi connectivity index (χ0n) is 18.4. The van der Waals surface area contributed by atoms with Crippen LogP contribution in [0.2, 0.25) is 0 Å². The van der Waals surface area contributed by atoms with Crippen LogP contribution >= 0.6 is 0 Å². The van der Waals surface area contributed by atoms with Crippen molar-refractivity contribution in [3.8, 4) is 0 Å². The second-order valence-electron chi connectivity index (χ2n) is 8.85. The molecule has 0 N–H and O–H groups in total. The third-order valence-corrected chi connectivity index (χ3v) is 6.81. The van der Waals surface area contributed by atoms with Crippen LogP contribution in [0.15, 0.2) is 54.6 Å². The molecule has 1 aliphatic rings. The summed E-state index contributed by atoms with van der Waals surface area (Å²) in [7, 11) is 2.26. The lowest BCUT2D eigenvalue weighted by atomic mass is 9.94. The van der Waals surface area contributed by atoms with Gasteiger partial charge in [-0.05, 0) is 98.4 Å². The Hall–Kier alpha value is -2.16. The molecule has 1 heterocycles. The molecule has 0 radical (unpaired) electrons. The lowest BCUT2D eigenvalue weighted by Crippen LogP contribution is -2.33. The molecule has 1 atom stereocenters. The molecule has 0 spiro atoms. The first kappa shape index (κ1) is 20.1. The molecular weight excluding hydrogens is 352 g/mol. The summed E-state index contributed by atoms with van der Waals surface area (Å²) in [5.41, 5.74) is 7.36. The number of hydrogen-bond acceptors (Lipinski definition) is 2. The number of rotatable bonds is 6. The van der Waals surface area contributed by atoms with Gasteiger partial charge in [0.1, 0.15) is 0 Å². The van der Waals surface area contributed by atoms with Crippen LogP contribution in [0.1, 0.15) is 47.2 Å². The molecule has 3 aromatic carbocycles. The van der Waals surface area contributed by atoms with Crippen molar-refractivity contribution in [2.45, 2.75) is 46.2 Å². The maximum Gasteiger partial charge on any atom is 0.0317 e. The fourth-order valence-corrected chi connectivity index (χ4v) is 4.56. The van der Waals surface area contributed by atoms with E-state index < -0.39 is 0 Å². The van der Waals surface area contributed by atoms with Gasteiger partial charge in [0.05, 0.1) is 0 Å². The third kappa shape index (κ3) is 4.55. The largest absolute Gasteiger partial charge is 0.300 e. The minimum atomic E-state index is 0.437. The molecule has 2 heteroatoms. The molecule has 4 rings (SSSR count). The predicted molar refractivity (Wildman–Crippen MR) is 125 cm³/mol. The van der Waals surface area contributed by atoms with E-state index >= 15 is 0 Å². The average Bonchev–Trinajstić information content (AvgIpc) is 2.73. The van der Waals surface area contributed by atoms with Crippen molar-refractivity contribution in [1.82, 2.24) is 9.80 Å². The smallest absolute Gasteiger partial charge is 0.0317 e. The third-order valence-electron chi connectivity index (χ3n) is 6.81. The van der Waals surface area contributed by atoms with Gasteiger partial charge in [-0.1, -0.05) is 48.5 Å². The fourth-order valence-electron chi connectivity index (χ4n) is 4.56. The molecule has 2 nitrogen and oxygen atoms in total. The molecule has 1 unspecified atom stereocenters. The molecule has 0 aliphatic carbocycles. The van der Waals surface area contributed by atoms with E-state index in [1.807, 2.05) is 0 Å². The molecule has 3 aromatic rings. The highest BCUT2D eigenvalue weighted by Gasteiger charge is 2.18. The van der Waals surface area contributed by atoms with Crippen LogP contribution in [-0.4, -0.2) is 36.5 Å². The van der Waals surface area contributed by atoms with Crippen molar-refractivity contribution in [1.29, 1.82) is 0 Å². The summed E-state index contributed by atoms with van der Waals surface area (Å²) in [5.74, 6) is 0. The summed E-state index contributed by atoms with van der Waals surface area (Å²) < 4.78 is 0. The Morgan fingerprint density at radius 3 is 2.45 bits per heavy atom. The van der Waals surface area contributed by atoms with Gasteiger partial charge in [-0.25, -0.2) is 0 Å². The molecule has 0 bridgehead atoms. The first-order chi connectivity index (χ1) is 14.0. The fraction of sp³-hybridized carbons (Fsp3) is 0.407. The van der Waals surface area contributed by atoms with Crippen molar-refractivity contribution in [2.24, 2.45) is 0 Å². The van der Waals surface area contributed by atoms with E-state index in [1.54, 1.807) is 5.56 Å². The summed E-state index contributed by atoms with van der Waals surface area (Å²) in [6.45, 7) is 11.4. The van der Waals surface area contributed by atoms with Gasteiger partial charge >= 0.3 is 0 Å². The van der Waals surface area contributed by atoms with E-state index in [1.165, 1.54) is 59.0 Å². The van der Waals surface area contributed by atoms with E-state index in [2.05, 4.69) is 92.2 Å². The maximum absolute atomic E-state index is 2.63. The van der Waals surface area contributed by atoms with Crippen LogP contribution in [0.25, 0.3) is 10.8 Å². The van der Waals surface area contributed by atoms with Crippen LogP contribution in [0.5, 0.6) is 0 Å². The van der Waals surface area contributed by atoms with E-state index in [4.69, 9.17) is 0 Å². The van der Waals surface area contributed by atoms with Crippen LogP contribution in [0.4, 0.5) is 0 Å². The molecule has 1 aliphatic heterocycles. The van der Waals surface area contributed by atoms with Crippen molar-refractivity contribution < 1.29 is 0 Å². The monoisotopic (exact) mass is 386 g/mol. The van der Waals surface area contributed by atoms with Gasteiger partial charge in [0, 0.05) is 19.1 Å². The summed E-state index contributed by atoms with van der Waals surface area (Å²) in [4.78, 5) is 5.13. The molecule has 0 aromatic heterocycles. The molecule has 29 heavy (non-hydrogen) atoms. The first-order valence-corrected chi connectivity index (χ1v) is 11.0. The summed E-state index contributed by atoms with van der Waals surface area (Å²) in [5, 5.41) is 2.66. The second kappa shape index (κ2) is 8.69. The van der Waals surface area contributed by atoms with Gasteiger partial charge in [-0.15, -0.1) is 0 Å². The van der Waals surface area contributed by atoms with Crippen LogP contribution in [0, 0.1) is 13.8 Å². The Morgan fingerprint density at radius 2 is 1.66 bits per heavy atom. The molecule has 0 saturated carbocycles. The van der Waals surface area contributed by atoms with Gasteiger partial charge in [0.2, 0.25) is 0 Å². The molecular formula is C27H34N2. The lowest BCUT2D eigenvalue weighted by Gasteiger charge is -2.31. The van der Waals surface area contributed by atoms with Crippen LogP contribution < -0.4 is 0 Å². The number of nitrogens with zero attached hydrogens (tertiary/aromatic N) is 2. The number of fused-ring (bicyclic) bond motifs is 2. The normalized spacial score (nSPS) is 15.6. The van der Waals surface area contributed by atoms with Crippen molar-refractivity contribution >= 4 is 10.8 Å². The quantitative estimate of drug-likeness (QED) is 0.520. The van der Waals surface area contributed by atoms with Crippen molar-refractivity contribution in [3.63, 3.8) is 0 Å². The minimum absolute atomic E-state index is 0.437. The van der Waals surface area contributed by atoms with Crippen molar-refractivity contribution in [2.75, 3.05) is 26.7 Å². The summed E-state index contributed by atoms with van der Waals surface area (Å²) in [6, 6.07) is 20.8. The zero-order chi connectivity index (χ0) is 20.4. The van der Waals surface area contributed by atoms with Gasteiger partial charge in [0.25, 0.3) is 0 Å². The highest BCUT2D eigenvalue weighted by molar-refractivity contribution is 5.83. The predicted octanol–water partition coefficient (Wildman–Crippen LogP) is 5.90. The Kier molecular flexibility index (Phi) is 6.03. The molecule has 0 amide bonds. The Labute approximate surface area is 176 Å². The van der Waals surface area contributed by atoms with Crippen LogP contribution in [-0.2, 0) is 13.0 Å². The Balaban J connectivity index is 1.31. The zero-order valence-corrected chi connectivity index (χ0v) is 18.4.